The van der Waals surface area contributed by atoms with Crippen LogP contribution in [0, 0.1) is 5.92 Å². The Morgan fingerprint density at radius 1 is 1.34 bits per heavy atom. The molecule has 0 radical (unpaired) electrons. The van der Waals surface area contributed by atoms with Crippen molar-refractivity contribution < 1.29 is 32.3 Å². The largest absolute Gasteiger partial charge is 0.463 e. The maximum Gasteiger partial charge on any atom is 0.411 e. The van der Waals surface area contributed by atoms with Crippen LogP contribution in [0.25, 0.3) is 11.0 Å². The summed E-state index contributed by atoms with van der Waals surface area (Å²) in [7, 11) is 0. The fourth-order valence-corrected chi connectivity index (χ4v) is 3.26. The lowest BCUT2D eigenvalue weighted by atomic mass is 9.79. The lowest BCUT2D eigenvalue weighted by Crippen LogP contribution is -2.59. The molecule has 2 unspecified atom stereocenters. The fourth-order valence-electron chi connectivity index (χ4n) is 3.26. The van der Waals surface area contributed by atoms with Crippen molar-refractivity contribution in [3.8, 4) is 0 Å². The van der Waals surface area contributed by atoms with Crippen molar-refractivity contribution in [2.75, 3.05) is 6.61 Å². The van der Waals surface area contributed by atoms with Crippen LogP contribution < -0.4 is 10.2 Å². The van der Waals surface area contributed by atoms with Gasteiger partial charge >= 0.3 is 18.1 Å². The highest BCUT2D eigenvalue weighted by molar-refractivity contribution is 5.96. The average Bonchev–Trinajstić information content (AvgIpc) is 3.03. The van der Waals surface area contributed by atoms with Crippen LogP contribution in [0.1, 0.15) is 27.2 Å². The number of ether oxygens (including phenoxy) is 1. The average molecular weight is 412 g/mol. The number of carbonyl (C=O) groups excluding carboxylic acids is 2. The minimum Gasteiger partial charge on any atom is -0.463 e. The van der Waals surface area contributed by atoms with E-state index < -0.39 is 36.0 Å². The molecule has 0 amide bonds. The van der Waals surface area contributed by atoms with E-state index in [1.54, 1.807) is 31.2 Å². The molecule has 1 aliphatic heterocycles. The molecule has 2 atom stereocenters. The molecule has 1 N–H and O–H groups in total. The first-order chi connectivity index (χ1) is 13.6. The van der Waals surface area contributed by atoms with E-state index in [9.17, 15) is 22.8 Å². The predicted molar refractivity (Wildman–Crippen MR) is 94.2 cm³/mol. The summed E-state index contributed by atoms with van der Waals surface area (Å²) in [6.07, 6.45) is -5.42. The van der Waals surface area contributed by atoms with E-state index in [4.69, 9.17) is 9.57 Å². The zero-order chi connectivity index (χ0) is 21.4. The number of hydrogen-bond acceptors (Lipinski definition) is 7. The Morgan fingerprint density at radius 2 is 2.03 bits per heavy atom. The van der Waals surface area contributed by atoms with E-state index in [0.29, 0.717) is 11.0 Å². The Morgan fingerprint density at radius 3 is 2.69 bits per heavy atom. The van der Waals surface area contributed by atoms with Gasteiger partial charge in [0.05, 0.1) is 18.1 Å². The molecular weight excluding hydrogens is 393 g/mol. The summed E-state index contributed by atoms with van der Waals surface area (Å²) in [6, 6.07) is 6.58. The SMILES string of the molecule is CCOC(=O)C1=C(C)NC(C)(C(F)(F)F)CC1C(=O)On1nnc2ccccc21. The number of halogens is 3. The molecular formula is C18H19F3N4O4. The van der Waals surface area contributed by atoms with Gasteiger partial charge in [-0.2, -0.15) is 13.2 Å². The van der Waals surface area contributed by atoms with Gasteiger partial charge in [0, 0.05) is 5.70 Å². The number of hydrogen-bond donors (Lipinski definition) is 1. The van der Waals surface area contributed by atoms with Gasteiger partial charge in [-0.1, -0.05) is 17.0 Å². The number of benzene rings is 1. The fraction of sp³-hybridized carbons (Fsp3) is 0.444. The zero-order valence-electron chi connectivity index (χ0n) is 15.9. The van der Waals surface area contributed by atoms with Gasteiger partial charge in [-0.3, -0.25) is 0 Å². The number of alkyl halides is 3. The van der Waals surface area contributed by atoms with E-state index >= 15 is 0 Å². The van der Waals surface area contributed by atoms with E-state index in [1.807, 2.05) is 0 Å². The normalized spacial score (nSPS) is 22.3. The lowest BCUT2D eigenvalue weighted by molar-refractivity contribution is -0.198. The van der Waals surface area contributed by atoms with Crippen molar-refractivity contribution in [1.29, 1.82) is 0 Å². The molecule has 0 bridgehead atoms. The van der Waals surface area contributed by atoms with E-state index in [-0.39, 0.29) is 17.9 Å². The Hall–Kier alpha value is -3.11. The summed E-state index contributed by atoms with van der Waals surface area (Å²) in [6.45, 7) is 3.77. The number of esters is 1. The first-order valence-electron chi connectivity index (χ1n) is 8.83. The molecule has 0 spiro atoms. The molecule has 8 nitrogen and oxygen atoms in total. The lowest BCUT2D eigenvalue weighted by Gasteiger charge is -2.41. The summed E-state index contributed by atoms with van der Waals surface area (Å²) in [5, 5.41) is 9.82. The Balaban J connectivity index is 1.98. The van der Waals surface area contributed by atoms with Gasteiger partial charge in [0.2, 0.25) is 0 Å². The number of nitrogens with zero attached hydrogens (tertiary/aromatic N) is 3. The molecule has 1 aromatic carbocycles. The summed E-state index contributed by atoms with van der Waals surface area (Å²) < 4.78 is 45.8. The van der Waals surface area contributed by atoms with Crippen LogP contribution in [0.4, 0.5) is 13.2 Å². The quantitative estimate of drug-likeness (QED) is 0.607. The molecule has 156 valence electrons. The van der Waals surface area contributed by atoms with Crippen LogP contribution >= 0.6 is 0 Å². The summed E-state index contributed by atoms with van der Waals surface area (Å²) in [5.41, 5.74) is -1.95. The smallest absolute Gasteiger partial charge is 0.411 e. The second kappa shape index (κ2) is 7.37. The Kier molecular flexibility index (Phi) is 5.24. The van der Waals surface area contributed by atoms with Crippen LogP contribution in [-0.4, -0.2) is 45.4 Å². The van der Waals surface area contributed by atoms with Crippen molar-refractivity contribution in [2.24, 2.45) is 5.92 Å². The highest BCUT2D eigenvalue weighted by Crippen LogP contribution is 2.41. The zero-order valence-corrected chi connectivity index (χ0v) is 15.9. The molecule has 0 aliphatic carbocycles. The highest BCUT2D eigenvalue weighted by Gasteiger charge is 2.57. The number of allylic oxidation sites excluding steroid dienone is 1. The van der Waals surface area contributed by atoms with Crippen molar-refractivity contribution in [3.05, 3.63) is 35.5 Å². The van der Waals surface area contributed by atoms with Crippen molar-refractivity contribution >= 4 is 23.0 Å². The number of nitrogens with one attached hydrogen (secondary N) is 1. The van der Waals surface area contributed by atoms with E-state index in [1.165, 1.54) is 6.92 Å². The van der Waals surface area contributed by atoms with Crippen LogP contribution in [0.15, 0.2) is 35.5 Å². The summed E-state index contributed by atoms with van der Waals surface area (Å²) in [5.74, 6) is -3.46. The van der Waals surface area contributed by atoms with Crippen LogP contribution in [0.2, 0.25) is 0 Å². The molecule has 0 saturated carbocycles. The number of fused-ring (bicyclic) bond motifs is 1. The third-order valence-electron chi connectivity index (χ3n) is 4.73. The van der Waals surface area contributed by atoms with Gasteiger partial charge in [0.25, 0.3) is 0 Å². The maximum absolute atomic E-state index is 13.6. The highest BCUT2D eigenvalue weighted by atomic mass is 19.4. The topological polar surface area (TPSA) is 95.3 Å². The molecule has 0 fully saturated rings. The second-order valence-electron chi connectivity index (χ2n) is 6.83. The van der Waals surface area contributed by atoms with E-state index in [0.717, 1.165) is 11.8 Å². The monoisotopic (exact) mass is 412 g/mol. The van der Waals surface area contributed by atoms with Crippen molar-refractivity contribution in [1.82, 2.24) is 20.5 Å². The second-order valence-corrected chi connectivity index (χ2v) is 6.83. The third-order valence-corrected chi connectivity index (χ3v) is 4.73. The van der Waals surface area contributed by atoms with Crippen LogP contribution in [-0.2, 0) is 14.3 Å². The first kappa shape index (κ1) is 20.6. The van der Waals surface area contributed by atoms with Gasteiger partial charge in [0.15, 0.2) is 0 Å². The standard InChI is InChI=1S/C18H19F3N4O4/c1-4-28-16(27)14-10(2)22-17(3,18(19,20)21)9-11(14)15(26)29-25-13-8-6-5-7-12(13)23-24-25/h5-8,11,22H,4,9H2,1-3H3. The first-order valence-corrected chi connectivity index (χ1v) is 8.83. The van der Waals surface area contributed by atoms with Crippen molar-refractivity contribution in [3.63, 3.8) is 0 Å². The van der Waals surface area contributed by atoms with Crippen LogP contribution in [0.5, 0.6) is 0 Å². The molecule has 0 saturated heterocycles. The molecule has 1 aliphatic rings. The number of rotatable bonds is 4. The predicted octanol–water partition coefficient (Wildman–Crippen LogP) is 2.15. The minimum absolute atomic E-state index is 0.00162. The summed E-state index contributed by atoms with van der Waals surface area (Å²) in [4.78, 5) is 31.2. The number of aromatic nitrogens is 3. The Bertz CT molecular complexity index is 985. The molecule has 2 aromatic rings. The van der Waals surface area contributed by atoms with Crippen LogP contribution in [0.3, 0.4) is 0 Å². The number of para-hydroxylation sites is 1. The summed E-state index contributed by atoms with van der Waals surface area (Å²) >= 11 is 0. The Labute approximate surface area is 163 Å². The molecule has 1 aromatic heterocycles. The maximum atomic E-state index is 13.6. The molecule has 3 rings (SSSR count). The molecule has 2 heterocycles. The molecule has 11 heteroatoms. The van der Waals surface area contributed by atoms with E-state index in [2.05, 4.69) is 15.6 Å². The van der Waals surface area contributed by atoms with Gasteiger partial charge < -0.3 is 14.9 Å². The third kappa shape index (κ3) is 3.76. The van der Waals surface area contributed by atoms with Crippen molar-refractivity contribution in [2.45, 2.75) is 38.9 Å². The van der Waals surface area contributed by atoms with Gasteiger partial charge in [-0.25, -0.2) is 9.59 Å². The minimum atomic E-state index is -4.67. The number of carbonyl (C=O) groups is 2. The van der Waals surface area contributed by atoms with Gasteiger partial charge in [-0.05, 0) is 44.5 Å². The van der Waals surface area contributed by atoms with Gasteiger partial charge in [-0.15, -0.1) is 5.10 Å². The molecule has 29 heavy (non-hydrogen) atoms. The van der Waals surface area contributed by atoms with Gasteiger partial charge in [0.1, 0.15) is 16.6 Å².